The number of anilines is 1. The molecule has 3 nitrogen and oxygen atoms in total. The van der Waals surface area contributed by atoms with Crippen LogP contribution >= 0.6 is 0 Å². The summed E-state index contributed by atoms with van der Waals surface area (Å²) in [6, 6.07) is 1.64. The molecule has 0 aliphatic rings. The molecule has 100 valence electrons. The van der Waals surface area contributed by atoms with Gasteiger partial charge in [0.1, 0.15) is 11.6 Å². The highest BCUT2D eigenvalue weighted by Crippen LogP contribution is 2.19. The summed E-state index contributed by atoms with van der Waals surface area (Å²) in [5, 5.41) is 2.74. The van der Waals surface area contributed by atoms with Crippen molar-refractivity contribution >= 4 is 11.6 Å². The monoisotopic (exact) mass is 256 g/mol. The number of hydrogen-bond acceptors (Lipinski definition) is 2. The van der Waals surface area contributed by atoms with E-state index in [9.17, 15) is 13.6 Å². The second-order valence-electron chi connectivity index (χ2n) is 4.58. The number of hydrogen-bond donors (Lipinski definition) is 2. The van der Waals surface area contributed by atoms with Crippen LogP contribution in [0.4, 0.5) is 14.5 Å². The van der Waals surface area contributed by atoms with Crippen molar-refractivity contribution in [1.82, 2.24) is 5.32 Å². The van der Waals surface area contributed by atoms with Gasteiger partial charge in [-0.2, -0.15) is 0 Å². The molecule has 0 heterocycles. The molecule has 0 bridgehead atoms. The summed E-state index contributed by atoms with van der Waals surface area (Å²) in [6.07, 6.45) is 1.43. The van der Waals surface area contributed by atoms with Crippen molar-refractivity contribution in [2.75, 3.05) is 5.73 Å². The summed E-state index contributed by atoms with van der Waals surface area (Å²) in [5.74, 6) is -2.35. The number of nitrogen functional groups attached to an aromatic ring is 1. The Balaban J connectivity index is 3.01. The molecule has 5 heteroatoms. The first kappa shape index (κ1) is 14.4. The van der Waals surface area contributed by atoms with Crippen molar-refractivity contribution in [2.45, 2.75) is 39.2 Å². The molecule has 1 rings (SSSR count). The highest BCUT2D eigenvalue weighted by Gasteiger charge is 2.24. The molecule has 0 aromatic heterocycles. The van der Waals surface area contributed by atoms with Crippen molar-refractivity contribution in [3.8, 4) is 0 Å². The summed E-state index contributed by atoms with van der Waals surface area (Å²) in [5.41, 5.74) is 4.45. The van der Waals surface area contributed by atoms with Crippen LogP contribution in [0, 0.1) is 11.6 Å². The minimum atomic E-state index is -0.909. The molecule has 1 aromatic rings. The summed E-state index contributed by atoms with van der Waals surface area (Å²) >= 11 is 0. The number of nitrogens with two attached hydrogens (primary N) is 1. The Bertz CT molecular complexity index is 457. The zero-order chi connectivity index (χ0) is 13.9. The Labute approximate surface area is 105 Å². The zero-order valence-electron chi connectivity index (χ0n) is 10.8. The molecule has 0 atom stereocenters. The van der Waals surface area contributed by atoms with Crippen molar-refractivity contribution in [3.05, 3.63) is 29.3 Å². The van der Waals surface area contributed by atoms with Crippen LogP contribution in [0.5, 0.6) is 0 Å². The Kier molecular flexibility index (Phi) is 4.27. The quantitative estimate of drug-likeness (QED) is 0.814. The third-order valence-corrected chi connectivity index (χ3v) is 3.31. The molecule has 0 aliphatic carbocycles. The highest BCUT2D eigenvalue weighted by atomic mass is 19.1. The van der Waals surface area contributed by atoms with Gasteiger partial charge in [0.25, 0.3) is 5.91 Å². The first-order valence-corrected chi connectivity index (χ1v) is 5.90. The molecular formula is C13H18F2N2O. The van der Waals surface area contributed by atoms with Gasteiger partial charge in [0, 0.05) is 11.6 Å². The highest BCUT2D eigenvalue weighted by molar-refractivity contribution is 5.95. The first-order valence-electron chi connectivity index (χ1n) is 5.90. The molecule has 18 heavy (non-hydrogen) atoms. The third-order valence-electron chi connectivity index (χ3n) is 3.31. The molecule has 3 N–H and O–H groups in total. The van der Waals surface area contributed by atoms with Gasteiger partial charge < -0.3 is 11.1 Å². The van der Waals surface area contributed by atoms with Crippen LogP contribution in [-0.2, 0) is 0 Å². The van der Waals surface area contributed by atoms with E-state index in [1.807, 2.05) is 20.8 Å². The zero-order valence-corrected chi connectivity index (χ0v) is 10.8. The minimum absolute atomic E-state index is 0.234. The van der Waals surface area contributed by atoms with E-state index in [2.05, 4.69) is 5.32 Å². The van der Waals surface area contributed by atoms with Crippen LogP contribution in [0.2, 0.25) is 0 Å². The van der Waals surface area contributed by atoms with Crippen LogP contribution in [-0.4, -0.2) is 11.4 Å². The van der Waals surface area contributed by atoms with Gasteiger partial charge in [0.05, 0.1) is 11.3 Å². The van der Waals surface area contributed by atoms with E-state index in [4.69, 9.17) is 5.73 Å². The third kappa shape index (κ3) is 2.97. The van der Waals surface area contributed by atoms with E-state index in [1.165, 1.54) is 0 Å². The average Bonchev–Trinajstić information content (AvgIpc) is 2.33. The number of benzene rings is 1. The topological polar surface area (TPSA) is 55.1 Å². The minimum Gasteiger partial charge on any atom is -0.396 e. The van der Waals surface area contributed by atoms with Crippen molar-refractivity contribution in [2.24, 2.45) is 0 Å². The number of carbonyl (C=O) groups excluding carboxylic acids is 1. The summed E-state index contributed by atoms with van der Waals surface area (Å²) in [7, 11) is 0. The van der Waals surface area contributed by atoms with E-state index >= 15 is 0 Å². The van der Waals surface area contributed by atoms with Gasteiger partial charge in [0.15, 0.2) is 0 Å². The SMILES string of the molecule is CCC(C)(CC)NC(=O)c1cc(N)c(F)cc1F. The Morgan fingerprint density at radius 1 is 1.28 bits per heavy atom. The lowest BCUT2D eigenvalue weighted by Gasteiger charge is -2.28. The van der Waals surface area contributed by atoms with Crippen molar-refractivity contribution in [1.29, 1.82) is 0 Å². The first-order chi connectivity index (χ1) is 8.33. The lowest BCUT2D eigenvalue weighted by atomic mass is 9.95. The lowest BCUT2D eigenvalue weighted by molar-refractivity contribution is 0.0897. The lowest BCUT2D eigenvalue weighted by Crippen LogP contribution is -2.45. The maximum Gasteiger partial charge on any atom is 0.254 e. The van der Waals surface area contributed by atoms with Crippen LogP contribution < -0.4 is 11.1 Å². The fraction of sp³-hybridized carbons (Fsp3) is 0.462. The molecule has 0 spiro atoms. The predicted molar refractivity (Wildman–Crippen MR) is 67.2 cm³/mol. The number of halogens is 2. The molecule has 0 saturated heterocycles. The van der Waals surface area contributed by atoms with E-state index in [-0.39, 0.29) is 11.3 Å². The molecule has 0 fully saturated rings. The predicted octanol–water partition coefficient (Wildman–Crippen LogP) is 2.86. The number of amides is 1. The second-order valence-corrected chi connectivity index (χ2v) is 4.58. The van der Waals surface area contributed by atoms with Gasteiger partial charge in [-0.15, -0.1) is 0 Å². The van der Waals surface area contributed by atoms with Gasteiger partial charge in [-0.3, -0.25) is 4.79 Å². The molecule has 0 unspecified atom stereocenters. The number of rotatable bonds is 4. The van der Waals surface area contributed by atoms with Crippen LogP contribution in [0.3, 0.4) is 0 Å². The Morgan fingerprint density at radius 3 is 2.33 bits per heavy atom. The average molecular weight is 256 g/mol. The van der Waals surface area contributed by atoms with Crippen LogP contribution in [0.1, 0.15) is 44.0 Å². The van der Waals surface area contributed by atoms with Crippen LogP contribution in [0.25, 0.3) is 0 Å². The maximum atomic E-state index is 13.5. The molecular weight excluding hydrogens is 238 g/mol. The van der Waals surface area contributed by atoms with Gasteiger partial charge in [-0.1, -0.05) is 13.8 Å². The Hall–Kier alpha value is -1.65. The standard InChI is InChI=1S/C13H18F2N2O/c1-4-13(3,5-2)17-12(18)8-6-11(16)10(15)7-9(8)14/h6-7H,4-5,16H2,1-3H3,(H,17,18). The Morgan fingerprint density at radius 2 is 1.83 bits per heavy atom. The van der Waals surface area contributed by atoms with Gasteiger partial charge in [-0.05, 0) is 25.8 Å². The van der Waals surface area contributed by atoms with Crippen molar-refractivity contribution in [3.63, 3.8) is 0 Å². The summed E-state index contributed by atoms with van der Waals surface area (Å²) in [6.45, 7) is 5.73. The van der Waals surface area contributed by atoms with E-state index in [1.54, 1.807) is 0 Å². The number of nitrogens with one attached hydrogen (secondary N) is 1. The fourth-order valence-corrected chi connectivity index (χ4v) is 1.51. The maximum absolute atomic E-state index is 13.5. The van der Waals surface area contributed by atoms with E-state index < -0.39 is 23.1 Å². The van der Waals surface area contributed by atoms with Gasteiger partial charge in [-0.25, -0.2) is 8.78 Å². The second kappa shape index (κ2) is 5.33. The van der Waals surface area contributed by atoms with Crippen molar-refractivity contribution < 1.29 is 13.6 Å². The smallest absolute Gasteiger partial charge is 0.254 e. The van der Waals surface area contributed by atoms with Gasteiger partial charge >= 0.3 is 0 Å². The fourth-order valence-electron chi connectivity index (χ4n) is 1.51. The number of carbonyl (C=O) groups is 1. The molecule has 0 saturated carbocycles. The van der Waals surface area contributed by atoms with E-state index in [0.717, 1.165) is 6.07 Å². The summed E-state index contributed by atoms with van der Waals surface area (Å²) < 4.78 is 26.5. The normalized spacial score (nSPS) is 11.4. The summed E-state index contributed by atoms with van der Waals surface area (Å²) in [4.78, 5) is 11.9. The molecule has 1 amide bonds. The van der Waals surface area contributed by atoms with Crippen LogP contribution in [0.15, 0.2) is 12.1 Å². The molecule has 0 aliphatic heterocycles. The molecule has 0 radical (unpaired) electrons. The largest absolute Gasteiger partial charge is 0.396 e. The van der Waals surface area contributed by atoms with E-state index in [0.29, 0.717) is 18.9 Å². The van der Waals surface area contributed by atoms with Gasteiger partial charge in [0.2, 0.25) is 0 Å². The molecule has 1 aromatic carbocycles.